The predicted octanol–water partition coefficient (Wildman–Crippen LogP) is 10.1. The van der Waals surface area contributed by atoms with Gasteiger partial charge in [0.15, 0.2) is 0 Å². The van der Waals surface area contributed by atoms with E-state index in [2.05, 4.69) is 86.6 Å². The van der Waals surface area contributed by atoms with Crippen LogP contribution in [0.25, 0.3) is 42.4 Å². The molecule has 32 heavy (non-hydrogen) atoms. The van der Waals surface area contributed by atoms with Crippen molar-refractivity contribution in [2.75, 3.05) is 0 Å². The van der Waals surface area contributed by atoms with Crippen molar-refractivity contribution in [3.8, 4) is 20.9 Å². The summed E-state index contributed by atoms with van der Waals surface area (Å²) in [5.41, 5.74) is 2.67. The van der Waals surface area contributed by atoms with Gasteiger partial charge in [-0.1, -0.05) is 51.0 Å². The van der Waals surface area contributed by atoms with Crippen molar-refractivity contribution < 1.29 is 0 Å². The van der Waals surface area contributed by atoms with Crippen LogP contribution in [0.3, 0.4) is 0 Å². The Morgan fingerprint density at radius 1 is 0.500 bits per heavy atom. The van der Waals surface area contributed by atoms with Gasteiger partial charge in [-0.25, -0.2) is 0 Å². The summed E-state index contributed by atoms with van der Waals surface area (Å²) in [5, 5.41) is 5.28. The molecule has 2 heteroatoms. The Kier molecular flexibility index (Phi) is 6.43. The number of unbranched alkanes of at least 4 members (excludes halogenated alkanes) is 2. The first-order valence-electron chi connectivity index (χ1n) is 11.9. The molecule has 0 N–H and O–H groups in total. The normalized spacial score (nSPS) is 11.6. The fraction of sp³-hybridized carbons (Fsp3) is 0.267. The summed E-state index contributed by atoms with van der Waals surface area (Å²) >= 11 is 3.89. The summed E-state index contributed by atoms with van der Waals surface area (Å²) in [4.78, 5) is 5.76. The van der Waals surface area contributed by atoms with E-state index < -0.39 is 0 Å². The molecule has 5 rings (SSSR count). The molecule has 0 aliphatic rings. The van der Waals surface area contributed by atoms with Crippen molar-refractivity contribution >= 4 is 44.2 Å². The Hall–Kier alpha value is -2.42. The average molecular weight is 455 g/mol. The lowest BCUT2D eigenvalue weighted by molar-refractivity contribution is 0.804. The van der Waals surface area contributed by atoms with Gasteiger partial charge < -0.3 is 0 Å². The molecule has 2 aromatic heterocycles. The quantitative estimate of drug-likeness (QED) is 0.205. The van der Waals surface area contributed by atoms with E-state index in [1.54, 1.807) is 0 Å². The van der Waals surface area contributed by atoms with Gasteiger partial charge in [0.2, 0.25) is 0 Å². The fourth-order valence-electron chi connectivity index (χ4n) is 4.34. The minimum atomic E-state index is 1.20. The van der Waals surface area contributed by atoms with Gasteiger partial charge in [0, 0.05) is 19.5 Å². The molecule has 162 valence electrons. The zero-order chi connectivity index (χ0) is 21.9. The minimum absolute atomic E-state index is 1.20. The van der Waals surface area contributed by atoms with Gasteiger partial charge in [0.05, 0.1) is 0 Å². The SMILES string of the molecule is CCCCc1ccc(-c2ccc3cc4cc(-c5ccc(CCCC)s5)ccc4cc3c2)s1. The van der Waals surface area contributed by atoms with E-state index in [9.17, 15) is 0 Å². The first-order chi connectivity index (χ1) is 15.7. The molecule has 0 unspecified atom stereocenters. The Morgan fingerprint density at radius 2 is 0.969 bits per heavy atom. The Labute approximate surface area is 199 Å². The van der Waals surface area contributed by atoms with Crippen LogP contribution in [0, 0.1) is 0 Å². The molecule has 0 spiro atoms. The largest absolute Gasteiger partial charge is 0.140 e. The molecular formula is C30H30S2. The molecule has 0 radical (unpaired) electrons. The molecule has 0 nitrogen and oxygen atoms in total. The maximum Gasteiger partial charge on any atom is 0.0345 e. The molecule has 0 amide bonds. The first kappa shape index (κ1) is 21.4. The number of rotatable bonds is 8. The van der Waals surface area contributed by atoms with E-state index in [1.807, 2.05) is 22.7 Å². The van der Waals surface area contributed by atoms with Gasteiger partial charge in [0.25, 0.3) is 0 Å². The minimum Gasteiger partial charge on any atom is -0.140 e. The molecule has 0 aliphatic heterocycles. The van der Waals surface area contributed by atoms with Crippen LogP contribution >= 0.6 is 22.7 Å². The van der Waals surface area contributed by atoms with Crippen LogP contribution in [0.4, 0.5) is 0 Å². The van der Waals surface area contributed by atoms with Crippen LogP contribution in [0.1, 0.15) is 49.3 Å². The number of hydrogen-bond donors (Lipinski definition) is 0. The molecule has 0 atom stereocenters. The number of aryl methyl sites for hydroxylation is 2. The highest BCUT2D eigenvalue weighted by atomic mass is 32.1. The van der Waals surface area contributed by atoms with Gasteiger partial charge >= 0.3 is 0 Å². The third-order valence-corrected chi connectivity index (χ3v) is 8.63. The maximum absolute atomic E-state index is 2.36. The molecule has 0 fully saturated rings. The van der Waals surface area contributed by atoms with Crippen LogP contribution in [0.2, 0.25) is 0 Å². The van der Waals surface area contributed by atoms with E-state index in [0.717, 1.165) is 0 Å². The van der Waals surface area contributed by atoms with Crippen LogP contribution in [0.15, 0.2) is 72.8 Å². The number of benzene rings is 3. The molecule has 5 aromatic rings. The van der Waals surface area contributed by atoms with E-state index >= 15 is 0 Å². The third kappa shape index (κ3) is 4.53. The second-order valence-corrected chi connectivity index (χ2v) is 11.1. The standard InChI is InChI=1S/C30H30S2/c1-3-5-7-27-13-15-29(31-27)23-11-9-21-18-26-20-24(12-10-22(26)17-25(21)19-23)30-16-14-28(32-30)8-6-4-2/h9-20H,3-8H2,1-2H3. The Bertz CT molecular complexity index is 1250. The summed E-state index contributed by atoms with van der Waals surface area (Å²) in [6.45, 7) is 4.52. The van der Waals surface area contributed by atoms with Crippen molar-refractivity contribution in [2.24, 2.45) is 0 Å². The van der Waals surface area contributed by atoms with Crippen LogP contribution in [-0.4, -0.2) is 0 Å². The fourth-order valence-corrected chi connectivity index (χ4v) is 6.43. The van der Waals surface area contributed by atoms with E-state index in [1.165, 1.54) is 90.7 Å². The smallest absolute Gasteiger partial charge is 0.0345 e. The van der Waals surface area contributed by atoms with Crippen molar-refractivity contribution in [1.29, 1.82) is 0 Å². The van der Waals surface area contributed by atoms with Gasteiger partial charge in [-0.3, -0.25) is 0 Å². The highest BCUT2D eigenvalue weighted by Crippen LogP contribution is 2.35. The van der Waals surface area contributed by atoms with Crippen molar-refractivity contribution in [1.82, 2.24) is 0 Å². The van der Waals surface area contributed by atoms with Crippen LogP contribution < -0.4 is 0 Å². The molecule has 0 saturated carbocycles. The third-order valence-electron chi connectivity index (χ3n) is 6.24. The summed E-state index contributed by atoms with van der Waals surface area (Å²) in [6, 6.07) is 27.8. The zero-order valence-corrected chi connectivity index (χ0v) is 20.6. The summed E-state index contributed by atoms with van der Waals surface area (Å²) < 4.78 is 0. The van der Waals surface area contributed by atoms with E-state index in [0.29, 0.717) is 0 Å². The molecule has 3 aromatic carbocycles. The number of fused-ring (bicyclic) bond motifs is 2. The van der Waals surface area contributed by atoms with Gasteiger partial charge in [-0.05, 0) is 107 Å². The molecule has 0 saturated heterocycles. The summed E-state index contributed by atoms with van der Waals surface area (Å²) in [5.74, 6) is 0. The van der Waals surface area contributed by atoms with Crippen molar-refractivity contribution in [3.05, 3.63) is 82.6 Å². The lowest BCUT2D eigenvalue weighted by Crippen LogP contribution is -1.80. The average Bonchev–Trinajstić information content (AvgIpc) is 3.49. The number of hydrogen-bond acceptors (Lipinski definition) is 2. The van der Waals surface area contributed by atoms with Gasteiger partial charge in [-0.15, -0.1) is 22.7 Å². The lowest BCUT2D eigenvalue weighted by Gasteiger charge is -2.07. The monoisotopic (exact) mass is 454 g/mol. The van der Waals surface area contributed by atoms with Crippen LogP contribution in [0.5, 0.6) is 0 Å². The second kappa shape index (κ2) is 9.60. The molecular weight excluding hydrogens is 424 g/mol. The van der Waals surface area contributed by atoms with Gasteiger partial charge in [0.1, 0.15) is 0 Å². The Morgan fingerprint density at radius 3 is 1.41 bits per heavy atom. The first-order valence-corrected chi connectivity index (χ1v) is 13.5. The zero-order valence-electron chi connectivity index (χ0n) is 19.0. The van der Waals surface area contributed by atoms with Crippen molar-refractivity contribution in [2.45, 2.75) is 52.4 Å². The number of thiophene rings is 2. The van der Waals surface area contributed by atoms with E-state index in [-0.39, 0.29) is 0 Å². The maximum atomic E-state index is 2.36. The van der Waals surface area contributed by atoms with E-state index in [4.69, 9.17) is 0 Å². The summed E-state index contributed by atoms with van der Waals surface area (Å²) in [6.07, 6.45) is 7.46. The highest BCUT2D eigenvalue weighted by Gasteiger charge is 2.08. The summed E-state index contributed by atoms with van der Waals surface area (Å²) in [7, 11) is 0. The highest BCUT2D eigenvalue weighted by molar-refractivity contribution is 7.15. The van der Waals surface area contributed by atoms with Crippen LogP contribution in [-0.2, 0) is 12.8 Å². The lowest BCUT2D eigenvalue weighted by atomic mass is 9.99. The molecule has 2 heterocycles. The predicted molar refractivity (Wildman–Crippen MR) is 145 cm³/mol. The van der Waals surface area contributed by atoms with Gasteiger partial charge in [-0.2, -0.15) is 0 Å². The molecule has 0 bridgehead atoms. The Balaban J connectivity index is 1.45. The van der Waals surface area contributed by atoms with Crippen molar-refractivity contribution in [3.63, 3.8) is 0 Å². The second-order valence-electron chi connectivity index (χ2n) is 8.72. The topological polar surface area (TPSA) is 0 Å². The molecule has 0 aliphatic carbocycles.